The summed E-state index contributed by atoms with van der Waals surface area (Å²) in [7, 11) is 0. The minimum absolute atomic E-state index is 0.160. The molecule has 0 fully saturated rings. The lowest BCUT2D eigenvalue weighted by atomic mass is 10.1. The highest BCUT2D eigenvalue weighted by atomic mass is 79.9. The topological polar surface area (TPSA) is 49.3 Å². The van der Waals surface area contributed by atoms with Gasteiger partial charge in [0.15, 0.2) is 0 Å². The molecule has 0 bridgehead atoms. The van der Waals surface area contributed by atoms with Crippen molar-refractivity contribution in [2.45, 2.75) is 58.5 Å². The molecular weight excluding hydrogens is 258 g/mol. The smallest absolute Gasteiger partial charge is 0.317 e. The van der Waals surface area contributed by atoms with Crippen LogP contribution in [0.25, 0.3) is 0 Å². The zero-order chi connectivity index (χ0) is 12.6. The van der Waals surface area contributed by atoms with Crippen LogP contribution in [0.1, 0.15) is 41.5 Å². The first-order valence-corrected chi connectivity index (χ1v) is 6.23. The summed E-state index contributed by atoms with van der Waals surface area (Å²) in [5, 5.41) is 11.6. The van der Waals surface area contributed by atoms with E-state index in [9.17, 15) is 4.79 Å². The zero-order valence-electron chi connectivity index (χ0n) is 10.5. The van der Waals surface area contributed by atoms with E-state index in [1.54, 1.807) is 0 Å². The molecule has 0 aliphatic heterocycles. The van der Waals surface area contributed by atoms with Crippen molar-refractivity contribution in [3.8, 4) is 0 Å². The molecule has 3 nitrogen and oxygen atoms in total. The Hall–Kier alpha value is -0.0900. The molecular formula is C11H24BrNO2. The third-order valence-corrected chi connectivity index (χ3v) is 2.94. The number of nitrogens with one attached hydrogen (secondary N) is 1. The van der Waals surface area contributed by atoms with E-state index in [-0.39, 0.29) is 5.92 Å². The maximum atomic E-state index is 10.1. The second-order valence-corrected chi connectivity index (χ2v) is 5.45. The van der Waals surface area contributed by atoms with Crippen LogP contribution in [0.5, 0.6) is 0 Å². The Labute approximate surface area is 102 Å². The van der Waals surface area contributed by atoms with Gasteiger partial charge >= 0.3 is 5.97 Å². The monoisotopic (exact) mass is 281 g/mol. The number of carbonyl (C=O) groups is 1. The summed E-state index contributed by atoms with van der Waals surface area (Å²) in [6, 6.07) is 1.25. The number of aliphatic carboxylic acids is 1. The molecule has 0 aromatic carbocycles. The van der Waals surface area contributed by atoms with Gasteiger partial charge in [-0.3, -0.25) is 4.79 Å². The second-order valence-electron chi connectivity index (χ2n) is 4.46. The van der Waals surface area contributed by atoms with Crippen LogP contribution in [0.4, 0.5) is 0 Å². The van der Waals surface area contributed by atoms with E-state index in [4.69, 9.17) is 5.11 Å². The van der Waals surface area contributed by atoms with Gasteiger partial charge in [0.1, 0.15) is 4.83 Å². The van der Waals surface area contributed by atoms with Crippen LogP contribution in [0.3, 0.4) is 0 Å². The summed E-state index contributed by atoms with van der Waals surface area (Å²) < 4.78 is 0. The van der Waals surface area contributed by atoms with Gasteiger partial charge in [0, 0.05) is 12.1 Å². The fraction of sp³-hybridized carbons (Fsp3) is 0.909. The van der Waals surface area contributed by atoms with Gasteiger partial charge in [-0.05, 0) is 5.92 Å². The Morgan fingerprint density at radius 2 is 1.40 bits per heavy atom. The van der Waals surface area contributed by atoms with Gasteiger partial charge in [-0.2, -0.15) is 0 Å². The number of rotatable bonds is 4. The Morgan fingerprint density at radius 1 is 1.07 bits per heavy atom. The lowest BCUT2D eigenvalue weighted by Crippen LogP contribution is -2.29. The van der Waals surface area contributed by atoms with E-state index in [1.807, 2.05) is 13.8 Å². The first-order chi connectivity index (χ1) is 6.68. The van der Waals surface area contributed by atoms with Crippen LogP contribution < -0.4 is 5.32 Å². The van der Waals surface area contributed by atoms with Crippen molar-refractivity contribution in [3.05, 3.63) is 0 Å². The average Bonchev–Trinajstić information content (AvgIpc) is 2.00. The quantitative estimate of drug-likeness (QED) is 0.779. The zero-order valence-corrected chi connectivity index (χ0v) is 12.1. The molecule has 0 aliphatic carbocycles. The maximum Gasteiger partial charge on any atom is 0.317 e. The molecule has 0 heterocycles. The predicted octanol–water partition coefficient (Wildman–Crippen LogP) is 2.88. The standard InChI is InChI=1S/C6H15N.C5H9BrO2/c1-5(2)7-6(3)4;1-3(2)4(6)5(7)8/h5-7H,1-4H3;3-4H,1-2H3,(H,7,8). The van der Waals surface area contributed by atoms with E-state index in [2.05, 4.69) is 48.9 Å². The van der Waals surface area contributed by atoms with Crippen molar-refractivity contribution in [1.82, 2.24) is 5.32 Å². The van der Waals surface area contributed by atoms with Crippen molar-refractivity contribution in [3.63, 3.8) is 0 Å². The van der Waals surface area contributed by atoms with E-state index in [1.165, 1.54) is 0 Å². The molecule has 15 heavy (non-hydrogen) atoms. The van der Waals surface area contributed by atoms with Crippen molar-refractivity contribution in [1.29, 1.82) is 0 Å². The highest BCUT2D eigenvalue weighted by Gasteiger charge is 2.16. The van der Waals surface area contributed by atoms with Crippen LogP contribution in [0.2, 0.25) is 0 Å². The molecule has 1 unspecified atom stereocenters. The molecule has 0 radical (unpaired) electrons. The fourth-order valence-corrected chi connectivity index (χ4v) is 0.952. The molecule has 0 saturated carbocycles. The number of halogens is 1. The van der Waals surface area contributed by atoms with Gasteiger partial charge in [0.05, 0.1) is 0 Å². The molecule has 0 saturated heterocycles. The van der Waals surface area contributed by atoms with Crippen molar-refractivity contribution >= 4 is 21.9 Å². The van der Waals surface area contributed by atoms with Crippen molar-refractivity contribution < 1.29 is 9.90 Å². The molecule has 4 heteroatoms. The largest absolute Gasteiger partial charge is 0.480 e. The summed E-state index contributed by atoms with van der Waals surface area (Å²) in [6.45, 7) is 12.3. The minimum Gasteiger partial charge on any atom is -0.480 e. The van der Waals surface area contributed by atoms with Crippen molar-refractivity contribution in [2.75, 3.05) is 0 Å². The van der Waals surface area contributed by atoms with E-state index in [0.29, 0.717) is 12.1 Å². The number of carboxylic acid groups (broad SMARTS) is 1. The molecule has 2 N–H and O–H groups in total. The molecule has 0 aromatic rings. The molecule has 1 atom stereocenters. The van der Waals surface area contributed by atoms with E-state index >= 15 is 0 Å². The molecule has 0 aromatic heterocycles. The van der Waals surface area contributed by atoms with E-state index < -0.39 is 10.8 Å². The van der Waals surface area contributed by atoms with Crippen LogP contribution >= 0.6 is 15.9 Å². The summed E-state index contributed by atoms with van der Waals surface area (Å²) in [4.78, 5) is 9.69. The second kappa shape index (κ2) is 9.16. The van der Waals surface area contributed by atoms with Gasteiger partial charge in [0.2, 0.25) is 0 Å². The number of hydrogen-bond acceptors (Lipinski definition) is 2. The van der Waals surface area contributed by atoms with Crippen LogP contribution in [0, 0.1) is 5.92 Å². The van der Waals surface area contributed by atoms with Crippen LogP contribution in [-0.2, 0) is 4.79 Å². The highest BCUT2D eigenvalue weighted by Crippen LogP contribution is 2.10. The Balaban J connectivity index is 0. The van der Waals surface area contributed by atoms with Gasteiger partial charge in [-0.1, -0.05) is 57.5 Å². The third kappa shape index (κ3) is 13.9. The van der Waals surface area contributed by atoms with Crippen molar-refractivity contribution in [2.24, 2.45) is 5.92 Å². The van der Waals surface area contributed by atoms with Gasteiger partial charge in [-0.15, -0.1) is 0 Å². The van der Waals surface area contributed by atoms with Gasteiger partial charge in [-0.25, -0.2) is 0 Å². The first-order valence-electron chi connectivity index (χ1n) is 5.31. The highest BCUT2D eigenvalue weighted by molar-refractivity contribution is 9.10. The first kappa shape index (κ1) is 17.3. The Morgan fingerprint density at radius 3 is 1.40 bits per heavy atom. The number of hydrogen-bond donors (Lipinski definition) is 2. The SMILES string of the molecule is CC(C)C(Br)C(=O)O.CC(C)NC(C)C. The summed E-state index contributed by atoms with van der Waals surface area (Å²) in [5.41, 5.74) is 0. The normalized spacial score (nSPS) is 12.7. The van der Waals surface area contributed by atoms with Gasteiger partial charge in [0.25, 0.3) is 0 Å². The average molecular weight is 282 g/mol. The molecule has 92 valence electrons. The lowest BCUT2D eigenvalue weighted by molar-refractivity contribution is -0.136. The number of alkyl halides is 1. The fourth-order valence-electron chi connectivity index (χ4n) is 0.952. The summed E-state index contributed by atoms with van der Waals surface area (Å²) >= 11 is 3.01. The lowest BCUT2D eigenvalue weighted by Gasteiger charge is -2.10. The van der Waals surface area contributed by atoms with Gasteiger partial charge < -0.3 is 10.4 Å². The Kier molecular flexibility index (Phi) is 10.6. The minimum atomic E-state index is -0.792. The third-order valence-electron chi connectivity index (χ3n) is 1.49. The van der Waals surface area contributed by atoms with Crippen LogP contribution in [0.15, 0.2) is 0 Å². The van der Waals surface area contributed by atoms with Crippen LogP contribution in [-0.4, -0.2) is 28.0 Å². The summed E-state index contributed by atoms with van der Waals surface area (Å²) in [5.74, 6) is -0.632. The molecule has 0 rings (SSSR count). The maximum absolute atomic E-state index is 10.1. The Bertz CT molecular complexity index is 164. The molecule has 0 spiro atoms. The number of carboxylic acids is 1. The predicted molar refractivity (Wildman–Crippen MR) is 68.6 cm³/mol. The molecule has 0 aliphatic rings. The summed E-state index contributed by atoms with van der Waals surface area (Å²) in [6.07, 6.45) is 0. The molecule has 0 amide bonds. The van der Waals surface area contributed by atoms with E-state index in [0.717, 1.165) is 0 Å².